The minimum Gasteiger partial charge on any atom is -0.394 e. The Bertz CT molecular complexity index is 1980. The summed E-state index contributed by atoms with van der Waals surface area (Å²) in [7, 11) is 0. The molecule has 0 saturated carbocycles. The SMILES string of the molecule is CCC(C)N(CCNC(=O)CCC(=O)Nc1ccn([C@@H]2O[C@H](CO)[C@@H](O)C2(F)F)c(=O)n1)C(=O)c1cc2ccccc2c(-c2ccccc2Cl)n1. The number of rotatable bonds is 13. The van der Waals surface area contributed by atoms with Gasteiger partial charge in [-0.25, -0.2) is 9.78 Å². The number of hydrogen-bond acceptors (Lipinski definition) is 9. The Morgan fingerprint density at radius 2 is 1.78 bits per heavy atom. The molecule has 270 valence electrons. The first-order chi connectivity index (χ1) is 24.3. The summed E-state index contributed by atoms with van der Waals surface area (Å²) in [5.41, 5.74) is 0.303. The highest BCUT2D eigenvalue weighted by atomic mass is 35.5. The topological polar surface area (TPSA) is 176 Å². The quantitative estimate of drug-likeness (QED) is 0.160. The number of aliphatic hydroxyl groups is 2. The van der Waals surface area contributed by atoms with E-state index in [4.69, 9.17) is 26.4 Å². The molecule has 3 amide bonds. The lowest BCUT2D eigenvalue weighted by Gasteiger charge is -2.29. The maximum atomic E-state index is 14.4. The number of carbonyl (C=O) groups excluding carboxylic acids is 3. The zero-order chi connectivity index (χ0) is 36.9. The van der Waals surface area contributed by atoms with Crippen molar-refractivity contribution in [2.24, 2.45) is 0 Å². The summed E-state index contributed by atoms with van der Waals surface area (Å²) in [5.74, 6) is -5.58. The molecule has 4 N–H and O–H groups in total. The minimum absolute atomic E-state index is 0.0982. The van der Waals surface area contributed by atoms with E-state index in [0.717, 1.165) is 23.0 Å². The maximum Gasteiger partial charge on any atom is 0.351 e. The minimum atomic E-state index is -3.88. The number of fused-ring (bicyclic) bond motifs is 1. The third kappa shape index (κ3) is 8.22. The van der Waals surface area contributed by atoms with E-state index in [9.17, 15) is 33.1 Å². The van der Waals surface area contributed by atoms with E-state index >= 15 is 0 Å². The highest BCUT2D eigenvalue weighted by Crippen LogP contribution is 2.42. The van der Waals surface area contributed by atoms with Crippen molar-refractivity contribution in [1.82, 2.24) is 24.8 Å². The normalized spacial score (nSPS) is 18.7. The van der Waals surface area contributed by atoms with Gasteiger partial charge in [0.1, 0.15) is 17.6 Å². The lowest BCUT2D eigenvalue weighted by Crippen LogP contribution is -2.43. The molecular weight excluding hydrogens is 690 g/mol. The molecule has 51 heavy (non-hydrogen) atoms. The standard InChI is InChI=1S/C35H37ClF2N6O7/c1-3-20(2)43(32(49)25-18-21-8-4-5-9-22(21)30(40-25)23-10-6-7-11-24(23)36)17-15-39-28(46)12-13-29(47)41-27-14-16-44(34(50)42-27)33-35(37,38)31(48)26(19-45)51-33/h4-11,14,16,18,20,26,31,33,45,48H,3,12-13,15,17,19H2,1-2H3,(H,39,46)(H,41,42,47,50)/t20?,26-,31-,33-/m1/s1. The third-order valence-corrected chi connectivity index (χ3v) is 8.97. The molecule has 0 bridgehead atoms. The number of halogens is 3. The van der Waals surface area contributed by atoms with Crippen LogP contribution in [0.15, 0.2) is 71.7 Å². The van der Waals surface area contributed by atoms with Crippen LogP contribution in [0.25, 0.3) is 22.0 Å². The van der Waals surface area contributed by atoms with Crippen LogP contribution in [-0.2, 0) is 14.3 Å². The van der Waals surface area contributed by atoms with E-state index in [0.29, 0.717) is 27.3 Å². The molecule has 16 heteroatoms. The monoisotopic (exact) mass is 726 g/mol. The number of nitrogens with one attached hydrogen (secondary N) is 2. The van der Waals surface area contributed by atoms with E-state index in [1.165, 1.54) is 0 Å². The summed E-state index contributed by atoms with van der Waals surface area (Å²) in [6.45, 7) is 3.22. The third-order valence-electron chi connectivity index (χ3n) is 8.64. The lowest BCUT2D eigenvalue weighted by atomic mass is 10.0. The number of aromatic nitrogens is 3. The van der Waals surface area contributed by atoms with Gasteiger partial charge in [0.2, 0.25) is 18.0 Å². The molecule has 1 unspecified atom stereocenters. The Morgan fingerprint density at radius 3 is 2.47 bits per heavy atom. The molecule has 1 saturated heterocycles. The average molecular weight is 727 g/mol. The van der Waals surface area contributed by atoms with Crippen LogP contribution >= 0.6 is 11.6 Å². The maximum absolute atomic E-state index is 14.4. The molecule has 1 aliphatic rings. The summed E-state index contributed by atoms with van der Waals surface area (Å²) in [5, 5.41) is 26.1. The lowest BCUT2D eigenvalue weighted by molar-refractivity contribution is -0.141. The van der Waals surface area contributed by atoms with E-state index in [1.807, 2.05) is 56.3 Å². The number of hydrogen-bond donors (Lipinski definition) is 4. The van der Waals surface area contributed by atoms with Crippen molar-refractivity contribution in [3.63, 3.8) is 0 Å². The van der Waals surface area contributed by atoms with Gasteiger partial charge in [-0.3, -0.25) is 19.0 Å². The zero-order valence-corrected chi connectivity index (χ0v) is 28.5. The van der Waals surface area contributed by atoms with E-state index < -0.39 is 48.5 Å². The molecule has 0 aliphatic carbocycles. The van der Waals surface area contributed by atoms with Crippen molar-refractivity contribution in [2.45, 2.75) is 63.5 Å². The number of amides is 3. The molecule has 4 aromatic rings. The number of alkyl halides is 2. The van der Waals surface area contributed by atoms with Crippen molar-refractivity contribution < 1.29 is 38.1 Å². The summed E-state index contributed by atoms with van der Waals surface area (Å²) in [6.07, 6.45) is -5.10. The largest absolute Gasteiger partial charge is 0.394 e. The first-order valence-corrected chi connectivity index (χ1v) is 16.7. The van der Waals surface area contributed by atoms with E-state index in [1.54, 1.807) is 17.0 Å². The van der Waals surface area contributed by atoms with Crippen LogP contribution in [0, 0.1) is 0 Å². The number of ether oxygens (including phenoxy) is 1. The van der Waals surface area contributed by atoms with Crippen molar-refractivity contribution in [3.8, 4) is 11.3 Å². The van der Waals surface area contributed by atoms with E-state index in [-0.39, 0.29) is 49.4 Å². The molecule has 2 aromatic heterocycles. The Labute approximate surface area is 296 Å². The van der Waals surface area contributed by atoms with Crippen molar-refractivity contribution in [3.05, 3.63) is 88.1 Å². The number of benzene rings is 2. The number of anilines is 1. The first kappa shape index (κ1) is 37.4. The number of nitrogens with zero attached hydrogens (tertiary/aromatic N) is 4. The van der Waals surface area contributed by atoms with Crippen LogP contribution < -0.4 is 16.3 Å². The molecule has 13 nitrogen and oxygen atoms in total. The van der Waals surface area contributed by atoms with Gasteiger partial charge < -0.3 is 30.5 Å². The van der Waals surface area contributed by atoms with Gasteiger partial charge in [-0.05, 0) is 36.9 Å². The second kappa shape index (κ2) is 16.0. The molecule has 0 radical (unpaired) electrons. The molecule has 1 fully saturated rings. The molecule has 0 spiro atoms. The van der Waals surface area contributed by atoms with Crippen molar-refractivity contribution in [2.75, 3.05) is 25.0 Å². The highest BCUT2D eigenvalue weighted by molar-refractivity contribution is 6.33. The summed E-state index contributed by atoms with van der Waals surface area (Å²) in [4.78, 5) is 61.4. The van der Waals surface area contributed by atoms with Gasteiger partial charge >= 0.3 is 11.6 Å². The molecule has 3 heterocycles. The van der Waals surface area contributed by atoms with Crippen LogP contribution in [0.4, 0.5) is 14.6 Å². The van der Waals surface area contributed by atoms with Crippen LogP contribution in [0.1, 0.15) is 49.8 Å². The highest BCUT2D eigenvalue weighted by Gasteiger charge is 2.59. The fourth-order valence-corrected chi connectivity index (χ4v) is 5.90. The van der Waals surface area contributed by atoms with Gasteiger partial charge in [-0.2, -0.15) is 13.8 Å². The summed E-state index contributed by atoms with van der Waals surface area (Å²) in [6, 6.07) is 17.5. The fourth-order valence-electron chi connectivity index (χ4n) is 5.67. The Balaban J connectivity index is 1.17. The Kier molecular flexibility index (Phi) is 11.8. The van der Waals surface area contributed by atoms with Crippen LogP contribution in [0.2, 0.25) is 5.02 Å². The van der Waals surface area contributed by atoms with Crippen molar-refractivity contribution in [1.29, 1.82) is 0 Å². The zero-order valence-electron chi connectivity index (χ0n) is 27.8. The first-order valence-electron chi connectivity index (χ1n) is 16.3. The molecule has 2 aromatic carbocycles. The second-order valence-corrected chi connectivity index (χ2v) is 12.4. The predicted molar refractivity (Wildman–Crippen MR) is 184 cm³/mol. The van der Waals surface area contributed by atoms with Gasteiger partial charge in [0.05, 0.1) is 12.3 Å². The number of pyridine rings is 1. The smallest absolute Gasteiger partial charge is 0.351 e. The predicted octanol–water partition coefficient (Wildman–Crippen LogP) is 3.77. The number of carbonyl (C=O) groups is 3. The summed E-state index contributed by atoms with van der Waals surface area (Å²) < 4.78 is 34.3. The van der Waals surface area contributed by atoms with Crippen LogP contribution in [0.3, 0.4) is 0 Å². The molecular formula is C35H37ClF2N6O7. The fraction of sp³-hybridized carbons (Fsp3) is 0.371. The average Bonchev–Trinajstić information content (AvgIpc) is 3.35. The van der Waals surface area contributed by atoms with Crippen molar-refractivity contribution >= 4 is 45.9 Å². The van der Waals surface area contributed by atoms with Gasteiger partial charge in [0.15, 0.2) is 6.10 Å². The van der Waals surface area contributed by atoms with Gasteiger partial charge in [0.25, 0.3) is 5.91 Å². The van der Waals surface area contributed by atoms with Gasteiger partial charge in [-0.1, -0.05) is 61.0 Å². The van der Waals surface area contributed by atoms with Crippen LogP contribution in [0.5, 0.6) is 0 Å². The number of aliphatic hydroxyl groups excluding tert-OH is 2. The Hall–Kier alpha value is -4.83. The molecule has 5 rings (SSSR count). The van der Waals surface area contributed by atoms with E-state index in [2.05, 4.69) is 15.6 Å². The van der Waals surface area contributed by atoms with Gasteiger partial charge in [-0.15, -0.1) is 0 Å². The van der Waals surface area contributed by atoms with Gasteiger partial charge in [0, 0.05) is 54.1 Å². The summed E-state index contributed by atoms with van der Waals surface area (Å²) >= 11 is 6.51. The molecule has 4 atom stereocenters. The van der Waals surface area contributed by atoms with Crippen LogP contribution in [-0.4, -0.2) is 91.2 Å². The second-order valence-electron chi connectivity index (χ2n) is 12.0. The molecule has 1 aliphatic heterocycles. The Morgan fingerprint density at radius 1 is 1.08 bits per heavy atom.